The summed E-state index contributed by atoms with van der Waals surface area (Å²) in [6.07, 6.45) is 4.34. The monoisotopic (exact) mass is 349 g/mol. The van der Waals surface area contributed by atoms with Crippen molar-refractivity contribution in [2.75, 3.05) is 6.54 Å². The van der Waals surface area contributed by atoms with Crippen molar-refractivity contribution in [3.8, 4) is 0 Å². The summed E-state index contributed by atoms with van der Waals surface area (Å²) in [7, 11) is -3.43. The van der Waals surface area contributed by atoms with Crippen molar-refractivity contribution in [2.45, 2.75) is 55.2 Å². The Morgan fingerprint density at radius 3 is 2.76 bits per heavy atom. The molecule has 3 nitrogen and oxygen atoms in total. The average molecular weight is 350 g/mol. The summed E-state index contributed by atoms with van der Waals surface area (Å²) in [6.45, 7) is 3.03. The Balaban J connectivity index is 2.20. The van der Waals surface area contributed by atoms with Crippen LogP contribution in [0.1, 0.15) is 39.0 Å². The lowest BCUT2D eigenvalue weighted by atomic mass is 9.95. The third-order valence-corrected chi connectivity index (χ3v) is 6.88. The highest BCUT2D eigenvalue weighted by Gasteiger charge is 2.34. The summed E-state index contributed by atoms with van der Waals surface area (Å²) in [5, 5.41) is 3.70. The SMILES string of the molecule is CCCNC1CCCC(S(=O)(=O)c2cc(Cl)ccc2Cl)C1. The summed E-state index contributed by atoms with van der Waals surface area (Å²) < 4.78 is 25.6. The van der Waals surface area contributed by atoms with Gasteiger partial charge in [-0.05, 0) is 50.4 Å². The molecule has 0 radical (unpaired) electrons. The van der Waals surface area contributed by atoms with Crippen molar-refractivity contribution in [1.29, 1.82) is 0 Å². The molecule has 6 heteroatoms. The van der Waals surface area contributed by atoms with E-state index in [9.17, 15) is 8.42 Å². The molecule has 2 rings (SSSR count). The van der Waals surface area contributed by atoms with Gasteiger partial charge in [-0.15, -0.1) is 0 Å². The van der Waals surface area contributed by atoms with E-state index in [1.807, 2.05) is 0 Å². The topological polar surface area (TPSA) is 46.2 Å². The van der Waals surface area contributed by atoms with Gasteiger partial charge in [0.1, 0.15) is 0 Å². The molecule has 1 aliphatic rings. The summed E-state index contributed by atoms with van der Waals surface area (Å²) in [6, 6.07) is 4.89. The second-order valence-electron chi connectivity index (χ2n) is 5.56. The van der Waals surface area contributed by atoms with Crippen LogP contribution in [0, 0.1) is 0 Å². The Morgan fingerprint density at radius 1 is 1.29 bits per heavy atom. The molecule has 0 bridgehead atoms. The van der Waals surface area contributed by atoms with Gasteiger partial charge in [0, 0.05) is 11.1 Å². The number of sulfone groups is 1. The summed E-state index contributed by atoms with van der Waals surface area (Å²) in [5.74, 6) is 0. The Bertz CT molecular complexity index is 589. The maximum atomic E-state index is 12.8. The molecule has 1 saturated carbocycles. The van der Waals surface area contributed by atoms with Gasteiger partial charge in [-0.3, -0.25) is 0 Å². The van der Waals surface area contributed by atoms with Gasteiger partial charge in [-0.1, -0.05) is 36.5 Å². The van der Waals surface area contributed by atoms with E-state index in [2.05, 4.69) is 12.2 Å². The Hall–Kier alpha value is -0.290. The molecule has 1 aliphatic carbocycles. The lowest BCUT2D eigenvalue weighted by molar-refractivity contribution is 0.372. The van der Waals surface area contributed by atoms with Gasteiger partial charge in [0.05, 0.1) is 15.2 Å². The van der Waals surface area contributed by atoms with Gasteiger partial charge in [0.25, 0.3) is 0 Å². The van der Waals surface area contributed by atoms with E-state index in [0.29, 0.717) is 17.9 Å². The van der Waals surface area contributed by atoms with E-state index in [1.165, 1.54) is 6.07 Å². The minimum atomic E-state index is -3.43. The first-order valence-corrected chi connectivity index (χ1v) is 9.67. The van der Waals surface area contributed by atoms with Crippen LogP contribution in [0.5, 0.6) is 0 Å². The second kappa shape index (κ2) is 7.32. The molecular weight excluding hydrogens is 329 g/mol. The Morgan fingerprint density at radius 2 is 2.05 bits per heavy atom. The van der Waals surface area contributed by atoms with Crippen LogP contribution in [-0.4, -0.2) is 26.3 Å². The van der Waals surface area contributed by atoms with E-state index >= 15 is 0 Å². The standard InChI is InChI=1S/C15H21Cl2NO2S/c1-2-8-18-12-4-3-5-13(10-12)21(19,20)15-9-11(16)6-7-14(15)17/h6-7,9,12-13,18H,2-5,8,10H2,1H3. The molecular formula is C15H21Cl2NO2S. The highest BCUT2D eigenvalue weighted by Crippen LogP contribution is 2.33. The van der Waals surface area contributed by atoms with Crippen LogP contribution in [0.4, 0.5) is 0 Å². The molecule has 0 aromatic heterocycles. The third-order valence-electron chi connectivity index (χ3n) is 3.95. The van der Waals surface area contributed by atoms with E-state index in [-0.39, 0.29) is 21.2 Å². The maximum Gasteiger partial charge on any atom is 0.182 e. The molecule has 0 amide bonds. The first kappa shape index (κ1) is 17.1. The van der Waals surface area contributed by atoms with E-state index in [4.69, 9.17) is 23.2 Å². The zero-order valence-corrected chi connectivity index (χ0v) is 14.4. The molecule has 0 heterocycles. The van der Waals surface area contributed by atoms with Crippen LogP contribution < -0.4 is 5.32 Å². The fourth-order valence-electron chi connectivity index (χ4n) is 2.84. The molecule has 1 aromatic carbocycles. The minimum Gasteiger partial charge on any atom is -0.314 e. The highest BCUT2D eigenvalue weighted by molar-refractivity contribution is 7.92. The molecule has 1 aromatic rings. The van der Waals surface area contributed by atoms with Crippen LogP contribution in [0.25, 0.3) is 0 Å². The number of halogens is 2. The van der Waals surface area contributed by atoms with Gasteiger partial charge in [-0.25, -0.2) is 8.42 Å². The largest absolute Gasteiger partial charge is 0.314 e. The van der Waals surface area contributed by atoms with Crippen LogP contribution in [0.15, 0.2) is 23.1 Å². The zero-order chi connectivity index (χ0) is 15.5. The average Bonchev–Trinajstić information content (AvgIpc) is 2.48. The third kappa shape index (κ3) is 4.13. The maximum absolute atomic E-state index is 12.8. The molecule has 1 N–H and O–H groups in total. The lowest BCUT2D eigenvalue weighted by Crippen LogP contribution is -2.39. The number of hydrogen-bond donors (Lipinski definition) is 1. The summed E-state index contributed by atoms with van der Waals surface area (Å²) >= 11 is 12.0. The Kier molecular flexibility index (Phi) is 5.95. The lowest BCUT2D eigenvalue weighted by Gasteiger charge is -2.29. The predicted molar refractivity (Wildman–Crippen MR) is 88.0 cm³/mol. The molecule has 0 aliphatic heterocycles. The van der Waals surface area contributed by atoms with E-state index in [0.717, 1.165) is 25.8 Å². The van der Waals surface area contributed by atoms with Crippen LogP contribution in [0.2, 0.25) is 10.0 Å². The first-order valence-electron chi connectivity index (χ1n) is 7.37. The van der Waals surface area contributed by atoms with Crippen molar-refractivity contribution >= 4 is 33.0 Å². The van der Waals surface area contributed by atoms with E-state index < -0.39 is 9.84 Å². The molecule has 2 atom stereocenters. The van der Waals surface area contributed by atoms with Gasteiger partial charge >= 0.3 is 0 Å². The predicted octanol–water partition coefficient (Wildman–Crippen LogP) is 4.08. The van der Waals surface area contributed by atoms with Crippen molar-refractivity contribution < 1.29 is 8.42 Å². The highest BCUT2D eigenvalue weighted by atomic mass is 35.5. The second-order valence-corrected chi connectivity index (χ2v) is 8.60. The number of benzene rings is 1. The van der Waals surface area contributed by atoms with Crippen LogP contribution >= 0.6 is 23.2 Å². The molecule has 21 heavy (non-hydrogen) atoms. The van der Waals surface area contributed by atoms with Gasteiger partial charge in [0.15, 0.2) is 9.84 Å². The smallest absolute Gasteiger partial charge is 0.182 e. The fraction of sp³-hybridized carbons (Fsp3) is 0.600. The quantitative estimate of drug-likeness (QED) is 0.870. The summed E-state index contributed by atoms with van der Waals surface area (Å²) in [5.41, 5.74) is 0. The molecule has 1 fully saturated rings. The molecule has 2 unspecified atom stereocenters. The molecule has 118 valence electrons. The number of hydrogen-bond acceptors (Lipinski definition) is 3. The zero-order valence-electron chi connectivity index (χ0n) is 12.1. The van der Waals surface area contributed by atoms with Gasteiger partial charge < -0.3 is 5.32 Å². The van der Waals surface area contributed by atoms with Crippen molar-refractivity contribution in [2.24, 2.45) is 0 Å². The first-order chi connectivity index (χ1) is 9.95. The van der Waals surface area contributed by atoms with Gasteiger partial charge in [-0.2, -0.15) is 0 Å². The number of nitrogens with one attached hydrogen (secondary N) is 1. The summed E-state index contributed by atoms with van der Waals surface area (Å²) in [4.78, 5) is 0.165. The van der Waals surface area contributed by atoms with Crippen molar-refractivity contribution in [1.82, 2.24) is 5.32 Å². The van der Waals surface area contributed by atoms with Crippen molar-refractivity contribution in [3.05, 3.63) is 28.2 Å². The van der Waals surface area contributed by atoms with E-state index in [1.54, 1.807) is 12.1 Å². The van der Waals surface area contributed by atoms with Crippen LogP contribution in [-0.2, 0) is 9.84 Å². The minimum absolute atomic E-state index is 0.165. The van der Waals surface area contributed by atoms with Crippen LogP contribution in [0.3, 0.4) is 0 Å². The fourth-order valence-corrected chi connectivity index (χ4v) is 5.47. The number of rotatable bonds is 5. The molecule has 0 saturated heterocycles. The van der Waals surface area contributed by atoms with Crippen molar-refractivity contribution in [3.63, 3.8) is 0 Å². The molecule has 0 spiro atoms. The van der Waals surface area contributed by atoms with Gasteiger partial charge in [0.2, 0.25) is 0 Å². The normalized spacial score (nSPS) is 23.2. The Labute approximate surface area is 136 Å².